The van der Waals surface area contributed by atoms with Gasteiger partial charge in [0, 0.05) is 12.5 Å². The molecule has 2 aromatic rings. The Hall–Kier alpha value is -3.38. The fourth-order valence-corrected chi connectivity index (χ4v) is 4.49. The zero-order valence-corrected chi connectivity index (χ0v) is 20.8. The third kappa shape index (κ3) is 7.82. The van der Waals surface area contributed by atoms with Gasteiger partial charge in [-0.05, 0) is 57.9 Å². The van der Waals surface area contributed by atoms with E-state index < -0.39 is 60.9 Å². The van der Waals surface area contributed by atoms with Crippen molar-refractivity contribution in [3.05, 3.63) is 69.5 Å². The van der Waals surface area contributed by atoms with E-state index >= 15 is 0 Å². The first-order valence-corrected chi connectivity index (χ1v) is 12.1. The molecule has 0 bridgehead atoms. The number of halogens is 1. The van der Waals surface area contributed by atoms with Crippen molar-refractivity contribution < 1.29 is 32.1 Å². The molecule has 1 amide bonds. The molecule has 0 heterocycles. The van der Waals surface area contributed by atoms with Crippen molar-refractivity contribution in [2.24, 2.45) is 0 Å². The molecule has 190 valence electrons. The van der Waals surface area contributed by atoms with Gasteiger partial charge in [0.05, 0.1) is 11.0 Å². The highest BCUT2D eigenvalue weighted by atomic mass is 32.2. The standard InChI is InChI=1S/C23H28FN3O7S/c1-14-12-16(10-11-17(14)24)13-18(22(29)34-23(3,4)5)25-21(28)15(2)26-35(32,33)20-9-7-6-8-19(20)27(30)31/h6-12,15,18,26H,13H2,1-5H3,(H,25,28)/t15-,18-/m0/s1. The molecule has 0 saturated heterocycles. The van der Waals surface area contributed by atoms with Gasteiger partial charge in [0.1, 0.15) is 17.5 Å². The van der Waals surface area contributed by atoms with Crippen molar-refractivity contribution in [2.75, 3.05) is 0 Å². The molecule has 0 spiro atoms. The van der Waals surface area contributed by atoms with Crippen LogP contribution in [0.2, 0.25) is 0 Å². The lowest BCUT2D eigenvalue weighted by molar-refractivity contribution is -0.387. The number of nitro benzene ring substituents is 1. The number of aryl methyl sites for hydroxylation is 1. The number of carbonyl (C=O) groups is 2. The number of nitrogens with zero attached hydrogens (tertiary/aromatic N) is 1. The second-order valence-corrected chi connectivity index (χ2v) is 10.6. The van der Waals surface area contributed by atoms with Crippen LogP contribution in [-0.4, -0.2) is 42.9 Å². The summed E-state index contributed by atoms with van der Waals surface area (Å²) in [5, 5.41) is 13.7. The third-order valence-corrected chi connectivity index (χ3v) is 6.33. The van der Waals surface area contributed by atoms with Gasteiger partial charge in [0.2, 0.25) is 15.9 Å². The molecular formula is C23H28FN3O7S. The molecule has 0 unspecified atom stereocenters. The largest absolute Gasteiger partial charge is 0.458 e. The number of benzene rings is 2. The second kappa shape index (κ2) is 10.9. The Morgan fingerprint density at radius 3 is 2.37 bits per heavy atom. The smallest absolute Gasteiger partial charge is 0.329 e. The first-order valence-electron chi connectivity index (χ1n) is 10.6. The number of carbonyl (C=O) groups excluding carboxylic acids is 2. The Morgan fingerprint density at radius 2 is 1.80 bits per heavy atom. The van der Waals surface area contributed by atoms with Gasteiger partial charge in [0.25, 0.3) is 5.69 Å². The van der Waals surface area contributed by atoms with Crippen LogP contribution in [0.1, 0.15) is 38.8 Å². The van der Waals surface area contributed by atoms with E-state index in [1.54, 1.807) is 27.7 Å². The maximum atomic E-state index is 13.6. The van der Waals surface area contributed by atoms with Crippen molar-refractivity contribution in [1.82, 2.24) is 10.0 Å². The topological polar surface area (TPSA) is 145 Å². The highest BCUT2D eigenvalue weighted by molar-refractivity contribution is 7.89. The lowest BCUT2D eigenvalue weighted by Gasteiger charge is -2.26. The number of nitrogens with one attached hydrogen (secondary N) is 2. The van der Waals surface area contributed by atoms with E-state index in [1.165, 1.54) is 37.3 Å². The number of amides is 1. The molecule has 2 aromatic carbocycles. The lowest BCUT2D eigenvalue weighted by atomic mass is 10.0. The van der Waals surface area contributed by atoms with Crippen LogP contribution in [0.3, 0.4) is 0 Å². The molecular weight excluding hydrogens is 481 g/mol. The summed E-state index contributed by atoms with van der Waals surface area (Å²) in [5.41, 5.74) is -0.612. The fraction of sp³-hybridized carbons (Fsp3) is 0.391. The maximum Gasteiger partial charge on any atom is 0.329 e. The number of esters is 1. The lowest BCUT2D eigenvalue weighted by Crippen LogP contribution is -2.52. The molecule has 0 aliphatic carbocycles. The maximum absolute atomic E-state index is 13.6. The van der Waals surface area contributed by atoms with Crippen molar-refractivity contribution >= 4 is 27.6 Å². The number of nitro groups is 1. The van der Waals surface area contributed by atoms with Gasteiger partial charge < -0.3 is 10.1 Å². The van der Waals surface area contributed by atoms with E-state index in [2.05, 4.69) is 10.0 Å². The van der Waals surface area contributed by atoms with Crippen molar-refractivity contribution in [1.29, 1.82) is 0 Å². The predicted octanol–water partition coefficient (Wildman–Crippen LogP) is 2.78. The number of rotatable bonds is 9. The average Bonchev–Trinajstić information content (AvgIpc) is 2.74. The average molecular weight is 510 g/mol. The van der Waals surface area contributed by atoms with E-state index in [9.17, 15) is 32.5 Å². The summed E-state index contributed by atoms with van der Waals surface area (Å²) >= 11 is 0. The van der Waals surface area contributed by atoms with E-state index in [0.717, 1.165) is 12.1 Å². The van der Waals surface area contributed by atoms with Gasteiger partial charge in [-0.2, -0.15) is 4.72 Å². The Kier molecular flexibility index (Phi) is 8.69. The Morgan fingerprint density at radius 1 is 1.17 bits per heavy atom. The summed E-state index contributed by atoms with van der Waals surface area (Å²) in [6.45, 7) is 7.73. The molecule has 12 heteroatoms. The Balaban J connectivity index is 2.25. The molecule has 0 aliphatic rings. The van der Waals surface area contributed by atoms with Gasteiger partial charge in [-0.25, -0.2) is 17.6 Å². The van der Waals surface area contributed by atoms with Crippen molar-refractivity contribution in [2.45, 2.75) is 63.6 Å². The van der Waals surface area contributed by atoms with Crippen LogP contribution in [0.4, 0.5) is 10.1 Å². The molecule has 0 aliphatic heterocycles. The Labute approximate surface area is 203 Å². The first-order chi connectivity index (χ1) is 16.1. The fourth-order valence-electron chi connectivity index (χ4n) is 3.12. The van der Waals surface area contributed by atoms with Crippen LogP contribution in [0.25, 0.3) is 0 Å². The molecule has 2 atom stereocenters. The SMILES string of the molecule is Cc1cc(C[C@H](NC(=O)[C@H](C)NS(=O)(=O)c2ccccc2[N+](=O)[O-])C(=O)OC(C)(C)C)ccc1F. The number of hydrogen-bond acceptors (Lipinski definition) is 7. The van der Waals surface area contributed by atoms with Gasteiger partial charge in [-0.1, -0.05) is 24.3 Å². The summed E-state index contributed by atoms with van der Waals surface area (Å²) in [6.07, 6.45) is -0.0363. The van der Waals surface area contributed by atoms with Crippen molar-refractivity contribution in [3.63, 3.8) is 0 Å². The minimum atomic E-state index is -4.44. The molecule has 10 nitrogen and oxygen atoms in total. The number of hydrogen-bond donors (Lipinski definition) is 2. The number of sulfonamides is 1. The quantitative estimate of drug-likeness (QED) is 0.300. The van der Waals surface area contributed by atoms with E-state index in [4.69, 9.17) is 4.74 Å². The summed E-state index contributed by atoms with van der Waals surface area (Å²) in [7, 11) is -4.44. The zero-order chi connectivity index (χ0) is 26.6. The van der Waals surface area contributed by atoms with Gasteiger partial charge in [0.15, 0.2) is 4.90 Å². The number of ether oxygens (including phenoxy) is 1. The molecule has 0 fully saturated rings. The first kappa shape index (κ1) is 27.9. The minimum Gasteiger partial charge on any atom is -0.458 e. The van der Waals surface area contributed by atoms with E-state index in [0.29, 0.717) is 11.1 Å². The molecule has 35 heavy (non-hydrogen) atoms. The molecule has 2 rings (SSSR count). The highest BCUT2D eigenvalue weighted by Gasteiger charge is 2.32. The molecule has 0 saturated carbocycles. The van der Waals surface area contributed by atoms with Gasteiger partial charge in [-0.15, -0.1) is 0 Å². The summed E-state index contributed by atoms with van der Waals surface area (Å²) in [4.78, 5) is 35.4. The van der Waals surface area contributed by atoms with Crippen LogP contribution >= 0.6 is 0 Å². The van der Waals surface area contributed by atoms with E-state index in [1.807, 2.05) is 0 Å². The predicted molar refractivity (Wildman–Crippen MR) is 125 cm³/mol. The molecule has 2 N–H and O–H groups in total. The zero-order valence-electron chi connectivity index (χ0n) is 20.0. The van der Waals surface area contributed by atoms with Crippen LogP contribution in [0.5, 0.6) is 0 Å². The van der Waals surface area contributed by atoms with Crippen LogP contribution in [-0.2, 0) is 30.8 Å². The summed E-state index contributed by atoms with van der Waals surface area (Å²) in [5.74, 6) is -2.05. The van der Waals surface area contributed by atoms with E-state index in [-0.39, 0.29) is 6.42 Å². The van der Waals surface area contributed by atoms with Crippen LogP contribution in [0, 0.1) is 22.9 Å². The van der Waals surface area contributed by atoms with Crippen LogP contribution in [0.15, 0.2) is 47.4 Å². The van der Waals surface area contributed by atoms with Gasteiger partial charge >= 0.3 is 5.97 Å². The second-order valence-electron chi connectivity index (χ2n) is 8.95. The molecule has 0 radical (unpaired) electrons. The van der Waals surface area contributed by atoms with Crippen LogP contribution < -0.4 is 10.0 Å². The van der Waals surface area contributed by atoms with Crippen molar-refractivity contribution in [3.8, 4) is 0 Å². The summed E-state index contributed by atoms with van der Waals surface area (Å²) < 4.78 is 46.5. The minimum absolute atomic E-state index is 0.0363. The number of para-hydroxylation sites is 1. The monoisotopic (exact) mass is 509 g/mol. The Bertz CT molecular complexity index is 1230. The normalized spacial score (nSPS) is 13.5. The summed E-state index contributed by atoms with van der Waals surface area (Å²) in [6, 6.07) is 6.34. The van der Waals surface area contributed by atoms with Gasteiger partial charge in [-0.3, -0.25) is 14.9 Å². The highest BCUT2D eigenvalue weighted by Crippen LogP contribution is 2.23. The third-order valence-electron chi connectivity index (χ3n) is 4.75. The molecule has 0 aromatic heterocycles.